The SMILES string of the molecule is CC(C)c1cc(C(=O)N2CCN(CCOc3ccccc3)CC2)nc(N)n1. The number of nitrogens with two attached hydrogens (primary N) is 1. The Bertz CT molecular complexity index is 758. The van der Waals surface area contributed by atoms with Crippen molar-refractivity contribution in [2.45, 2.75) is 19.8 Å². The zero-order valence-electron chi connectivity index (χ0n) is 16.0. The lowest BCUT2D eigenvalue weighted by atomic mass is 10.1. The number of aromatic nitrogens is 2. The van der Waals surface area contributed by atoms with Gasteiger partial charge >= 0.3 is 0 Å². The molecule has 1 saturated heterocycles. The Hall–Kier alpha value is -2.67. The number of para-hydroxylation sites is 1. The molecule has 0 unspecified atom stereocenters. The predicted molar refractivity (Wildman–Crippen MR) is 105 cm³/mol. The summed E-state index contributed by atoms with van der Waals surface area (Å²) in [6.45, 7) is 8.50. The Labute approximate surface area is 160 Å². The molecule has 1 aliphatic heterocycles. The lowest BCUT2D eigenvalue weighted by Crippen LogP contribution is -2.49. The molecule has 0 radical (unpaired) electrons. The summed E-state index contributed by atoms with van der Waals surface area (Å²) in [5.41, 5.74) is 6.95. The molecule has 1 aromatic carbocycles. The fourth-order valence-electron chi connectivity index (χ4n) is 3.04. The quantitative estimate of drug-likeness (QED) is 0.839. The van der Waals surface area contributed by atoms with Gasteiger partial charge in [0.05, 0.1) is 0 Å². The zero-order chi connectivity index (χ0) is 19.2. The first kappa shape index (κ1) is 19.1. The molecular weight excluding hydrogens is 342 g/mol. The lowest BCUT2D eigenvalue weighted by Gasteiger charge is -2.34. The largest absolute Gasteiger partial charge is 0.492 e. The first-order chi connectivity index (χ1) is 13.0. The van der Waals surface area contributed by atoms with E-state index in [-0.39, 0.29) is 17.8 Å². The van der Waals surface area contributed by atoms with Crippen molar-refractivity contribution in [1.82, 2.24) is 19.8 Å². The van der Waals surface area contributed by atoms with Crippen molar-refractivity contribution in [2.75, 3.05) is 45.1 Å². The van der Waals surface area contributed by atoms with E-state index in [1.165, 1.54) is 0 Å². The summed E-state index contributed by atoms with van der Waals surface area (Å²) in [7, 11) is 0. The highest BCUT2D eigenvalue weighted by molar-refractivity contribution is 5.92. The van der Waals surface area contributed by atoms with Crippen LogP contribution in [0.15, 0.2) is 36.4 Å². The van der Waals surface area contributed by atoms with Crippen LogP contribution in [-0.2, 0) is 0 Å². The van der Waals surface area contributed by atoms with Crippen LogP contribution < -0.4 is 10.5 Å². The molecule has 1 aromatic heterocycles. The topological polar surface area (TPSA) is 84.6 Å². The highest BCUT2D eigenvalue weighted by Crippen LogP contribution is 2.16. The zero-order valence-corrected chi connectivity index (χ0v) is 16.0. The number of hydrogen-bond acceptors (Lipinski definition) is 6. The van der Waals surface area contributed by atoms with Crippen molar-refractivity contribution in [3.8, 4) is 5.75 Å². The van der Waals surface area contributed by atoms with E-state index >= 15 is 0 Å². The van der Waals surface area contributed by atoms with E-state index in [9.17, 15) is 4.79 Å². The molecule has 2 N–H and O–H groups in total. The maximum Gasteiger partial charge on any atom is 0.272 e. The summed E-state index contributed by atoms with van der Waals surface area (Å²) in [4.78, 5) is 25.3. The van der Waals surface area contributed by atoms with Gasteiger partial charge in [-0.2, -0.15) is 0 Å². The van der Waals surface area contributed by atoms with Gasteiger partial charge in [0, 0.05) is 38.4 Å². The predicted octanol–water partition coefficient (Wildman–Crippen LogP) is 2.02. The number of benzene rings is 1. The van der Waals surface area contributed by atoms with Gasteiger partial charge in [-0.15, -0.1) is 0 Å². The molecule has 2 heterocycles. The molecule has 0 aliphatic carbocycles. The molecule has 0 saturated carbocycles. The van der Waals surface area contributed by atoms with Crippen molar-refractivity contribution in [2.24, 2.45) is 0 Å². The van der Waals surface area contributed by atoms with E-state index in [2.05, 4.69) is 14.9 Å². The molecule has 0 atom stereocenters. The van der Waals surface area contributed by atoms with Gasteiger partial charge < -0.3 is 15.4 Å². The number of ether oxygens (including phenoxy) is 1. The first-order valence-electron chi connectivity index (χ1n) is 9.37. The molecule has 1 fully saturated rings. The Kier molecular flexibility index (Phi) is 6.24. The summed E-state index contributed by atoms with van der Waals surface area (Å²) < 4.78 is 5.75. The smallest absolute Gasteiger partial charge is 0.272 e. The summed E-state index contributed by atoms with van der Waals surface area (Å²) in [6, 6.07) is 11.6. The number of nitrogens with zero attached hydrogens (tertiary/aromatic N) is 4. The van der Waals surface area contributed by atoms with Crippen molar-refractivity contribution in [3.63, 3.8) is 0 Å². The summed E-state index contributed by atoms with van der Waals surface area (Å²) in [6.07, 6.45) is 0. The van der Waals surface area contributed by atoms with Crippen LogP contribution in [0.3, 0.4) is 0 Å². The summed E-state index contributed by atoms with van der Waals surface area (Å²) in [5, 5.41) is 0. The number of carbonyl (C=O) groups excluding carboxylic acids is 1. The number of anilines is 1. The fourth-order valence-corrected chi connectivity index (χ4v) is 3.04. The van der Waals surface area contributed by atoms with Crippen LogP contribution >= 0.6 is 0 Å². The van der Waals surface area contributed by atoms with Gasteiger partial charge in [-0.05, 0) is 24.1 Å². The van der Waals surface area contributed by atoms with Crippen LogP contribution in [-0.4, -0.2) is 65.0 Å². The molecule has 27 heavy (non-hydrogen) atoms. The standard InChI is InChI=1S/C20H27N5O2/c1-15(2)17-14-18(23-20(21)22-17)19(26)25-10-8-24(9-11-25)12-13-27-16-6-4-3-5-7-16/h3-7,14-15H,8-13H2,1-2H3,(H2,21,22,23). The van der Waals surface area contributed by atoms with Crippen LogP contribution in [0.25, 0.3) is 0 Å². The third-order valence-electron chi connectivity index (χ3n) is 4.65. The minimum Gasteiger partial charge on any atom is -0.492 e. The maximum atomic E-state index is 12.8. The second kappa shape index (κ2) is 8.81. The van der Waals surface area contributed by atoms with E-state index in [0.29, 0.717) is 25.4 Å². The number of rotatable bonds is 6. The minimum absolute atomic E-state index is 0.0776. The molecule has 2 aromatic rings. The first-order valence-corrected chi connectivity index (χ1v) is 9.37. The molecular formula is C20H27N5O2. The van der Waals surface area contributed by atoms with Crippen LogP contribution in [0, 0.1) is 0 Å². The number of hydrogen-bond donors (Lipinski definition) is 1. The van der Waals surface area contributed by atoms with Gasteiger partial charge in [0.15, 0.2) is 0 Å². The lowest BCUT2D eigenvalue weighted by molar-refractivity contribution is 0.0614. The van der Waals surface area contributed by atoms with Crippen molar-refractivity contribution < 1.29 is 9.53 Å². The van der Waals surface area contributed by atoms with Gasteiger partial charge in [-0.1, -0.05) is 32.0 Å². The monoisotopic (exact) mass is 369 g/mol. The van der Waals surface area contributed by atoms with Gasteiger partial charge in [0.25, 0.3) is 5.91 Å². The van der Waals surface area contributed by atoms with Crippen LogP contribution in [0.1, 0.15) is 35.9 Å². The number of piperazine rings is 1. The molecule has 7 heteroatoms. The fraction of sp³-hybridized carbons (Fsp3) is 0.450. The van der Waals surface area contributed by atoms with Crippen LogP contribution in [0.5, 0.6) is 5.75 Å². The van der Waals surface area contributed by atoms with Gasteiger partial charge in [-0.3, -0.25) is 9.69 Å². The normalized spacial score (nSPS) is 15.1. The van der Waals surface area contributed by atoms with Gasteiger partial charge in [0.2, 0.25) is 5.95 Å². The summed E-state index contributed by atoms with van der Waals surface area (Å²) >= 11 is 0. The Morgan fingerprint density at radius 1 is 1.15 bits per heavy atom. The van der Waals surface area contributed by atoms with E-state index in [0.717, 1.165) is 31.1 Å². The van der Waals surface area contributed by atoms with E-state index in [4.69, 9.17) is 10.5 Å². The average molecular weight is 369 g/mol. The molecule has 1 amide bonds. The number of amides is 1. The van der Waals surface area contributed by atoms with E-state index in [1.807, 2.05) is 49.1 Å². The van der Waals surface area contributed by atoms with Crippen molar-refractivity contribution >= 4 is 11.9 Å². The number of nitrogen functional groups attached to an aromatic ring is 1. The maximum absolute atomic E-state index is 12.8. The molecule has 3 rings (SSSR count). The Morgan fingerprint density at radius 2 is 1.85 bits per heavy atom. The second-order valence-corrected chi connectivity index (χ2v) is 6.99. The molecule has 1 aliphatic rings. The highest BCUT2D eigenvalue weighted by Gasteiger charge is 2.24. The Morgan fingerprint density at radius 3 is 2.52 bits per heavy atom. The molecule has 0 spiro atoms. The third-order valence-corrected chi connectivity index (χ3v) is 4.65. The molecule has 144 valence electrons. The van der Waals surface area contributed by atoms with Gasteiger partial charge in [0.1, 0.15) is 18.1 Å². The Balaban J connectivity index is 1.49. The molecule has 0 bridgehead atoms. The third kappa shape index (κ3) is 5.17. The number of carbonyl (C=O) groups is 1. The van der Waals surface area contributed by atoms with Gasteiger partial charge in [-0.25, -0.2) is 9.97 Å². The van der Waals surface area contributed by atoms with Crippen LogP contribution in [0.2, 0.25) is 0 Å². The van der Waals surface area contributed by atoms with E-state index in [1.54, 1.807) is 6.07 Å². The summed E-state index contributed by atoms with van der Waals surface area (Å²) in [5.74, 6) is 1.16. The highest BCUT2D eigenvalue weighted by atomic mass is 16.5. The van der Waals surface area contributed by atoms with Crippen molar-refractivity contribution in [1.29, 1.82) is 0 Å². The van der Waals surface area contributed by atoms with E-state index < -0.39 is 0 Å². The minimum atomic E-state index is -0.0776. The second-order valence-electron chi connectivity index (χ2n) is 6.99. The average Bonchev–Trinajstić information content (AvgIpc) is 2.68. The van der Waals surface area contributed by atoms with Crippen LogP contribution in [0.4, 0.5) is 5.95 Å². The van der Waals surface area contributed by atoms with Crippen molar-refractivity contribution in [3.05, 3.63) is 47.8 Å². The molecule has 7 nitrogen and oxygen atoms in total.